The maximum absolute atomic E-state index is 5.95. The van der Waals surface area contributed by atoms with Crippen LogP contribution in [0.2, 0.25) is 10.0 Å². The molecule has 0 aliphatic heterocycles. The molecule has 2 N–H and O–H groups in total. The first kappa shape index (κ1) is 14.7. The molecule has 0 aliphatic carbocycles. The fourth-order valence-electron chi connectivity index (χ4n) is 1.70. The molecule has 0 radical (unpaired) electrons. The molecule has 0 aliphatic rings. The number of nitrogens with two attached hydrogens (primary N) is 1. The average Bonchev–Trinajstić information content (AvgIpc) is 2.31. The van der Waals surface area contributed by atoms with Crippen molar-refractivity contribution < 1.29 is 4.74 Å². The lowest BCUT2D eigenvalue weighted by atomic mass is 10.1. The molecular formula is C14H12BrCl2NO. The summed E-state index contributed by atoms with van der Waals surface area (Å²) in [5, 5.41) is 1.08. The molecule has 2 aromatic carbocycles. The number of benzene rings is 2. The van der Waals surface area contributed by atoms with E-state index in [4.69, 9.17) is 33.7 Å². The van der Waals surface area contributed by atoms with Crippen molar-refractivity contribution in [3.05, 3.63) is 56.5 Å². The second kappa shape index (κ2) is 6.62. The molecule has 19 heavy (non-hydrogen) atoms. The van der Waals surface area contributed by atoms with Crippen LogP contribution in [-0.4, -0.2) is 6.54 Å². The quantitative estimate of drug-likeness (QED) is 0.827. The SMILES string of the molecule is NCCc1ccc(Br)cc1Oc1cc(Cl)cc(Cl)c1. The van der Waals surface area contributed by atoms with Crippen LogP contribution in [0.4, 0.5) is 0 Å². The molecule has 0 atom stereocenters. The Morgan fingerprint density at radius 3 is 2.37 bits per heavy atom. The van der Waals surface area contributed by atoms with Crippen molar-refractivity contribution in [2.45, 2.75) is 6.42 Å². The number of ether oxygens (including phenoxy) is 1. The third-order valence-corrected chi connectivity index (χ3v) is 3.44. The van der Waals surface area contributed by atoms with E-state index in [-0.39, 0.29) is 0 Å². The lowest BCUT2D eigenvalue weighted by Gasteiger charge is -2.12. The van der Waals surface area contributed by atoms with Crippen LogP contribution in [0.25, 0.3) is 0 Å². The third kappa shape index (κ3) is 4.11. The minimum absolute atomic E-state index is 0.540. The summed E-state index contributed by atoms with van der Waals surface area (Å²) in [6.45, 7) is 0.564. The van der Waals surface area contributed by atoms with Gasteiger partial charge in [-0.1, -0.05) is 45.2 Å². The monoisotopic (exact) mass is 359 g/mol. The molecule has 5 heteroatoms. The van der Waals surface area contributed by atoms with Crippen LogP contribution < -0.4 is 10.5 Å². The van der Waals surface area contributed by atoms with Gasteiger partial charge < -0.3 is 10.5 Å². The predicted molar refractivity (Wildman–Crippen MR) is 83.4 cm³/mol. The van der Waals surface area contributed by atoms with E-state index in [1.165, 1.54) is 0 Å². The number of hydrogen-bond acceptors (Lipinski definition) is 2. The molecule has 0 amide bonds. The average molecular weight is 361 g/mol. The van der Waals surface area contributed by atoms with Crippen molar-refractivity contribution in [1.29, 1.82) is 0 Å². The number of rotatable bonds is 4. The zero-order chi connectivity index (χ0) is 13.8. The zero-order valence-corrected chi connectivity index (χ0v) is 13.1. The van der Waals surface area contributed by atoms with Crippen LogP contribution in [0, 0.1) is 0 Å². The smallest absolute Gasteiger partial charge is 0.131 e. The molecule has 0 bridgehead atoms. The fraction of sp³-hybridized carbons (Fsp3) is 0.143. The molecule has 0 spiro atoms. The van der Waals surface area contributed by atoms with Crippen molar-refractivity contribution in [2.75, 3.05) is 6.54 Å². The summed E-state index contributed by atoms with van der Waals surface area (Å²) in [6.07, 6.45) is 0.747. The highest BCUT2D eigenvalue weighted by molar-refractivity contribution is 9.10. The van der Waals surface area contributed by atoms with E-state index in [1.807, 2.05) is 18.2 Å². The highest BCUT2D eigenvalue weighted by Gasteiger charge is 2.07. The second-order valence-electron chi connectivity index (χ2n) is 4.00. The van der Waals surface area contributed by atoms with Crippen LogP contribution in [0.5, 0.6) is 11.5 Å². The van der Waals surface area contributed by atoms with E-state index in [9.17, 15) is 0 Å². The van der Waals surface area contributed by atoms with Crippen molar-refractivity contribution in [3.63, 3.8) is 0 Å². The molecule has 0 saturated heterocycles. The van der Waals surface area contributed by atoms with Crippen LogP contribution >= 0.6 is 39.1 Å². The van der Waals surface area contributed by atoms with Crippen LogP contribution in [0.15, 0.2) is 40.9 Å². The van der Waals surface area contributed by atoms with E-state index >= 15 is 0 Å². The van der Waals surface area contributed by atoms with Gasteiger partial charge in [-0.25, -0.2) is 0 Å². The van der Waals surface area contributed by atoms with Gasteiger partial charge in [0, 0.05) is 14.5 Å². The van der Waals surface area contributed by atoms with Gasteiger partial charge >= 0.3 is 0 Å². The van der Waals surface area contributed by atoms with Crippen LogP contribution in [0.1, 0.15) is 5.56 Å². The lowest BCUT2D eigenvalue weighted by Crippen LogP contribution is -2.04. The zero-order valence-electron chi connectivity index (χ0n) is 10.00. The van der Waals surface area contributed by atoms with Crippen molar-refractivity contribution in [2.24, 2.45) is 5.73 Å². The highest BCUT2D eigenvalue weighted by atomic mass is 79.9. The first-order chi connectivity index (χ1) is 9.08. The summed E-state index contributed by atoms with van der Waals surface area (Å²) < 4.78 is 6.79. The van der Waals surface area contributed by atoms with Gasteiger partial charge in [0.15, 0.2) is 0 Å². The Hall–Kier alpha value is -0.740. The summed E-state index contributed by atoms with van der Waals surface area (Å²) >= 11 is 15.3. The van der Waals surface area contributed by atoms with Crippen LogP contribution in [0.3, 0.4) is 0 Å². The van der Waals surface area contributed by atoms with Gasteiger partial charge in [0.2, 0.25) is 0 Å². The summed E-state index contributed by atoms with van der Waals surface area (Å²) in [5.74, 6) is 1.35. The Labute approximate surface area is 130 Å². The van der Waals surface area contributed by atoms with E-state index in [0.717, 1.165) is 22.2 Å². The van der Waals surface area contributed by atoms with Crippen molar-refractivity contribution in [3.8, 4) is 11.5 Å². The largest absolute Gasteiger partial charge is 0.457 e. The summed E-state index contributed by atoms with van der Waals surface area (Å²) in [5.41, 5.74) is 6.64. The Kier molecular flexibility index (Phi) is 5.11. The van der Waals surface area contributed by atoms with Gasteiger partial charge in [-0.3, -0.25) is 0 Å². The molecule has 2 nitrogen and oxygen atoms in total. The van der Waals surface area contributed by atoms with Gasteiger partial charge in [0.25, 0.3) is 0 Å². The second-order valence-corrected chi connectivity index (χ2v) is 5.79. The van der Waals surface area contributed by atoms with E-state index in [1.54, 1.807) is 18.2 Å². The number of halogens is 3. The molecule has 0 fully saturated rings. The van der Waals surface area contributed by atoms with Crippen molar-refractivity contribution >= 4 is 39.1 Å². The summed E-state index contributed by atoms with van der Waals surface area (Å²) in [4.78, 5) is 0. The van der Waals surface area contributed by atoms with E-state index in [2.05, 4.69) is 15.9 Å². The minimum atomic E-state index is 0.540. The van der Waals surface area contributed by atoms with Gasteiger partial charge in [-0.05, 0) is 48.9 Å². The van der Waals surface area contributed by atoms with Gasteiger partial charge in [-0.15, -0.1) is 0 Å². The normalized spacial score (nSPS) is 10.5. The first-order valence-electron chi connectivity index (χ1n) is 5.71. The maximum atomic E-state index is 5.95. The molecule has 0 aromatic heterocycles. The lowest BCUT2D eigenvalue weighted by molar-refractivity contribution is 0.476. The first-order valence-corrected chi connectivity index (χ1v) is 7.26. The fourth-order valence-corrected chi connectivity index (χ4v) is 2.55. The highest BCUT2D eigenvalue weighted by Crippen LogP contribution is 2.32. The van der Waals surface area contributed by atoms with E-state index in [0.29, 0.717) is 22.3 Å². The van der Waals surface area contributed by atoms with Crippen LogP contribution in [-0.2, 0) is 6.42 Å². The standard InChI is InChI=1S/C14H12BrCl2NO/c15-10-2-1-9(3-4-18)14(5-10)19-13-7-11(16)6-12(17)8-13/h1-2,5-8H,3-4,18H2. The molecule has 0 heterocycles. The number of hydrogen-bond donors (Lipinski definition) is 1. The molecule has 2 rings (SSSR count). The molecule has 100 valence electrons. The maximum Gasteiger partial charge on any atom is 0.131 e. The summed E-state index contributed by atoms with van der Waals surface area (Å²) in [7, 11) is 0. The predicted octanol–water partition coefficient (Wildman–Crippen LogP) is 5.05. The molecule has 2 aromatic rings. The summed E-state index contributed by atoms with van der Waals surface area (Å²) in [6, 6.07) is 11.0. The Balaban J connectivity index is 2.33. The molecule has 0 saturated carbocycles. The van der Waals surface area contributed by atoms with E-state index < -0.39 is 0 Å². The third-order valence-electron chi connectivity index (χ3n) is 2.51. The molecule has 0 unspecified atom stereocenters. The Morgan fingerprint density at radius 1 is 1.05 bits per heavy atom. The van der Waals surface area contributed by atoms with Gasteiger partial charge in [0.1, 0.15) is 11.5 Å². The Morgan fingerprint density at radius 2 is 1.74 bits per heavy atom. The van der Waals surface area contributed by atoms with Gasteiger partial charge in [-0.2, -0.15) is 0 Å². The van der Waals surface area contributed by atoms with Gasteiger partial charge in [0.05, 0.1) is 0 Å². The minimum Gasteiger partial charge on any atom is -0.457 e. The molecular weight excluding hydrogens is 349 g/mol. The topological polar surface area (TPSA) is 35.2 Å². The van der Waals surface area contributed by atoms with Crippen molar-refractivity contribution in [1.82, 2.24) is 0 Å². The Bertz CT molecular complexity index is 569.